The smallest absolute Gasteiger partial charge is 0.191 e. The van der Waals surface area contributed by atoms with Gasteiger partial charge in [-0.1, -0.05) is 37.3 Å². The third-order valence-corrected chi connectivity index (χ3v) is 4.25. The van der Waals surface area contributed by atoms with E-state index in [-0.39, 0.29) is 29.5 Å². The van der Waals surface area contributed by atoms with Crippen LogP contribution < -0.4 is 10.6 Å². The van der Waals surface area contributed by atoms with Gasteiger partial charge in [0.1, 0.15) is 0 Å². The minimum absolute atomic E-state index is 0. The lowest BCUT2D eigenvalue weighted by Crippen LogP contribution is -2.51. The molecule has 0 fully saturated rings. The molecule has 6 heteroatoms. The Morgan fingerprint density at radius 1 is 1.20 bits per heavy atom. The Bertz CT molecular complexity index is 491. The fourth-order valence-corrected chi connectivity index (χ4v) is 1.96. The molecule has 144 valence electrons. The summed E-state index contributed by atoms with van der Waals surface area (Å²) in [5.41, 5.74) is 1.28. The summed E-state index contributed by atoms with van der Waals surface area (Å²) in [5.74, 6) is 1.24. The van der Waals surface area contributed by atoms with Crippen LogP contribution >= 0.6 is 24.0 Å². The maximum absolute atomic E-state index is 5.79. The highest BCUT2D eigenvalue weighted by Gasteiger charge is 2.20. The first kappa shape index (κ1) is 24.1. The molecule has 0 saturated carbocycles. The van der Waals surface area contributed by atoms with Crippen LogP contribution in [0, 0.1) is 5.92 Å². The zero-order chi connectivity index (χ0) is 18.0. The van der Waals surface area contributed by atoms with Crippen LogP contribution in [0.3, 0.4) is 0 Å². The van der Waals surface area contributed by atoms with Gasteiger partial charge < -0.3 is 20.3 Å². The summed E-state index contributed by atoms with van der Waals surface area (Å²) in [5, 5.41) is 6.75. The third kappa shape index (κ3) is 10.0. The van der Waals surface area contributed by atoms with Crippen molar-refractivity contribution < 1.29 is 4.74 Å². The summed E-state index contributed by atoms with van der Waals surface area (Å²) >= 11 is 0. The summed E-state index contributed by atoms with van der Waals surface area (Å²) < 4.78 is 5.79. The number of rotatable bonds is 9. The van der Waals surface area contributed by atoms with Crippen LogP contribution in [0.2, 0.25) is 0 Å². The first-order chi connectivity index (χ1) is 11.3. The highest BCUT2D eigenvalue weighted by atomic mass is 127. The van der Waals surface area contributed by atoms with E-state index in [9.17, 15) is 0 Å². The van der Waals surface area contributed by atoms with E-state index in [1.54, 1.807) is 7.05 Å². The number of nitrogens with zero attached hydrogens (tertiary/aromatic N) is 2. The van der Waals surface area contributed by atoms with Gasteiger partial charge in [0.2, 0.25) is 0 Å². The second-order valence-electron chi connectivity index (χ2n) is 7.12. The van der Waals surface area contributed by atoms with Crippen molar-refractivity contribution in [2.45, 2.75) is 32.9 Å². The van der Waals surface area contributed by atoms with Crippen LogP contribution in [-0.4, -0.2) is 57.2 Å². The number of hydrogen-bond acceptors (Lipinski definition) is 3. The molecule has 0 amide bonds. The maximum Gasteiger partial charge on any atom is 0.191 e. The Hall–Kier alpha value is -0.860. The number of halogens is 1. The van der Waals surface area contributed by atoms with E-state index in [2.05, 4.69) is 67.5 Å². The Labute approximate surface area is 170 Å². The topological polar surface area (TPSA) is 48.9 Å². The van der Waals surface area contributed by atoms with Crippen molar-refractivity contribution in [2.75, 3.05) is 40.8 Å². The average molecular weight is 462 g/mol. The van der Waals surface area contributed by atoms with Crippen LogP contribution in [-0.2, 0) is 11.3 Å². The molecule has 0 aromatic heterocycles. The summed E-state index contributed by atoms with van der Waals surface area (Å²) in [6.07, 6.45) is 0. The van der Waals surface area contributed by atoms with Crippen LogP contribution in [0.4, 0.5) is 0 Å². The van der Waals surface area contributed by atoms with Gasteiger partial charge in [-0.05, 0) is 39.4 Å². The molecule has 0 spiro atoms. The van der Waals surface area contributed by atoms with E-state index >= 15 is 0 Å². The number of nitrogens with one attached hydrogen (secondary N) is 2. The van der Waals surface area contributed by atoms with Crippen molar-refractivity contribution in [2.24, 2.45) is 10.9 Å². The lowest BCUT2D eigenvalue weighted by molar-refractivity contribution is 0.0931. The molecule has 0 bridgehead atoms. The maximum atomic E-state index is 5.79. The predicted octanol–water partition coefficient (Wildman–Crippen LogP) is 2.96. The molecule has 0 saturated heterocycles. The Morgan fingerprint density at radius 3 is 2.40 bits per heavy atom. The molecule has 1 unspecified atom stereocenters. The number of hydrogen-bond donors (Lipinski definition) is 2. The van der Waals surface area contributed by atoms with Gasteiger partial charge in [-0.2, -0.15) is 0 Å². The number of aliphatic imine (C=N–C) groups is 1. The summed E-state index contributed by atoms with van der Waals surface area (Å²) in [7, 11) is 5.97. The van der Waals surface area contributed by atoms with Crippen molar-refractivity contribution in [1.29, 1.82) is 0 Å². The van der Waals surface area contributed by atoms with Gasteiger partial charge in [0, 0.05) is 25.7 Å². The summed E-state index contributed by atoms with van der Waals surface area (Å²) in [6, 6.07) is 10.3. The molecule has 0 aliphatic heterocycles. The first-order valence-corrected chi connectivity index (χ1v) is 8.58. The number of likely N-dealkylation sites (N-methyl/N-ethyl adjacent to an activating group) is 1. The van der Waals surface area contributed by atoms with E-state index in [1.807, 2.05) is 18.2 Å². The molecule has 25 heavy (non-hydrogen) atoms. The molecule has 0 aliphatic rings. The molecule has 0 radical (unpaired) electrons. The highest BCUT2D eigenvalue weighted by Crippen LogP contribution is 2.07. The molecule has 1 rings (SSSR count). The molecule has 5 nitrogen and oxygen atoms in total. The van der Waals surface area contributed by atoms with Gasteiger partial charge >= 0.3 is 0 Å². The Balaban J connectivity index is 0.00000576. The van der Waals surface area contributed by atoms with E-state index in [0.717, 1.165) is 25.7 Å². The largest absolute Gasteiger partial charge is 0.376 e. The van der Waals surface area contributed by atoms with Gasteiger partial charge in [0.05, 0.1) is 13.2 Å². The van der Waals surface area contributed by atoms with Crippen molar-refractivity contribution in [3.63, 3.8) is 0 Å². The summed E-state index contributed by atoms with van der Waals surface area (Å²) in [6.45, 7) is 9.63. The standard InChI is InChI=1S/C19H34N4O.HI/c1-16(13-24-14-17-10-8-7-9-11-17)12-21-18(20-4)22-15-19(2,3)23(5)6;/h7-11,16H,12-15H2,1-6H3,(H2,20,21,22);1H. The third-order valence-electron chi connectivity index (χ3n) is 4.25. The SMILES string of the molecule is CN=C(NCC(C)COCc1ccccc1)NCC(C)(C)N(C)C.I. The molecule has 0 heterocycles. The highest BCUT2D eigenvalue weighted by molar-refractivity contribution is 14.0. The monoisotopic (exact) mass is 462 g/mol. The zero-order valence-electron chi connectivity index (χ0n) is 16.5. The lowest BCUT2D eigenvalue weighted by Gasteiger charge is -2.33. The van der Waals surface area contributed by atoms with Crippen molar-refractivity contribution in [1.82, 2.24) is 15.5 Å². The van der Waals surface area contributed by atoms with Gasteiger partial charge in [-0.25, -0.2) is 0 Å². The first-order valence-electron chi connectivity index (χ1n) is 8.58. The minimum Gasteiger partial charge on any atom is -0.376 e. The molecule has 0 aliphatic carbocycles. The quantitative estimate of drug-likeness (QED) is 0.337. The normalized spacial score (nSPS) is 13.3. The van der Waals surface area contributed by atoms with E-state index in [4.69, 9.17) is 4.74 Å². The Morgan fingerprint density at radius 2 is 1.84 bits per heavy atom. The number of benzene rings is 1. The molecule has 1 atom stereocenters. The number of guanidine groups is 1. The average Bonchev–Trinajstić information content (AvgIpc) is 2.55. The molecular weight excluding hydrogens is 427 g/mol. The van der Waals surface area contributed by atoms with Crippen LogP contribution in [0.25, 0.3) is 0 Å². The van der Waals surface area contributed by atoms with Gasteiger partial charge in [0.15, 0.2) is 5.96 Å². The van der Waals surface area contributed by atoms with E-state index in [0.29, 0.717) is 12.5 Å². The Kier molecular flexibility index (Phi) is 12.1. The molecule has 1 aromatic carbocycles. The molecular formula is C19H35IN4O. The van der Waals surface area contributed by atoms with Gasteiger partial charge in [-0.3, -0.25) is 4.99 Å². The van der Waals surface area contributed by atoms with Crippen LogP contribution in [0.5, 0.6) is 0 Å². The fraction of sp³-hybridized carbons (Fsp3) is 0.632. The van der Waals surface area contributed by atoms with Crippen molar-refractivity contribution >= 4 is 29.9 Å². The lowest BCUT2D eigenvalue weighted by atomic mass is 10.0. The van der Waals surface area contributed by atoms with Crippen molar-refractivity contribution in [3.8, 4) is 0 Å². The van der Waals surface area contributed by atoms with Crippen molar-refractivity contribution in [3.05, 3.63) is 35.9 Å². The van der Waals surface area contributed by atoms with E-state index in [1.165, 1.54) is 5.56 Å². The zero-order valence-corrected chi connectivity index (χ0v) is 18.8. The summed E-state index contributed by atoms with van der Waals surface area (Å²) in [4.78, 5) is 6.49. The van der Waals surface area contributed by atoms with Gasteiger partial charge in [-0.15, -0.1) is 24.0 Å². The predicted molar refractivity (Wildman–Crippen MR) is 118 cm³/mol. The van der Waals surface area contributed by atoms with Crippen LogP contribution in [0.15, 0.2) is 35.3 Å². The fourth-order valence-electron chi connectivity index (χ4n) is 1.96. The minimum atomic E-state index is 0. The molecule has 2 N–H and O–H groups in total. The molecule has 1 aromatic rings. The van der Waals surface area contributed by atoms with Gasteiger partial charge in [0.25, 0.3) is 0 Å². The van der Waals surface area contributed by atoms with Crippen LogP contribution in [0.1, 0.15) is 26.3 Å². The van der Waals surface area contributed by atoms with E-state index < -0.39 is 0 Å². The second-order valence-corrected chi connectivity index (χ2v) is 7.12. The second kappa shape index (κ2) is 12.5. The number of ether oxygens (including phenoxy) is 1.